The van der Waals surface area contributed by atoms with E-state index in [0.29, 0.717) is 16.9 Å². The molecule has 0 saturated heterocycles. The van der Waals surface area contributed by atoms with E-state index in [4.69, 9.17) is 14.0 Å². The SMILES string of the molecule is C[C@]1(c2ccc(OC(F)(F)F)cc2)C=C(Oc2cncc(-c3n[nH]c(=O)o3)c2)NO1. The lowest BCUT2D eigenvalue weighted by Crippen LogP contribution is -2.23. The van der Waals surface area contributed by atoms with Crippen molar-refractivity contribution in [3.05, 3.63) is 70.8 Å². The quantitative estimate of drug-likeness (QED) is 0.646. The molecule has 2 N–H and O–H groups in total. The molecule has 1 atom stereocenters. The number of hydrogen-bond acceptors (Lipinski definition) is 8. The zero-order valence-corrected chi connectivity index (χ0v) is 15.2. The molecule has 0 unspecified atom stereocenters. The first-order valence-corrected chi connectivity index (χ1v) is 8.42. The number of pyridine rings is 1. The first-order valence-electron chi connectivity index (χ1n) is 8.42. The Hall–Kier alpha value is -3.80. The Morgan fingerprint density at radius 2 is 1.90 bits per heavy atom. The van der Waals surface area contributed by atoms with Crippen LogP contribution in [0.15, 0.2) is 63.9 Å². The number of ether oxygens (including phenoxy) is 2. The third-order valence-electron chi connectivity index (χ3n) is 4.06. The molecule has 0 bridgehead atoms. The van der Waals surface area contributed by atoms with Crippen LogP contribution in [0.4, 0.5) is 13.2 Å². The number of nitrogens with zero attached hydrogens (tertiary/aromatic N) is 2. The van der Waals surface area contributed by atoms with Crippen molar-refractivity contribution in [3.63, 3.8) is 0 Å². The van der Waals surface area contributed by atoms with Gasteiger partial charge in [-0.1, -0.05) is 12.1 Å². The summed E-state index contributed by atoms with van der Waals surface area (Å²) in [5.41, 5.74) is 2.58. The average Bonchev–Trinajstić information content (AvgIpc) is 3.28. The van der Waals surface area contributed by atoms with Crippen LogP contribution in [0.25, 0.3) is 11.5 Å². The van der Waals surface area contributed by atoms with Crippen LogP contribution in [0.1, 0.15) is 12.5 Å². The third kappa shape index (κ3) is 4.27. The molecule has 1 aliphatic rings. The van der Waals surface area contributed by atoms with Crippen LogP contribution in [0.5, 0.6) is 11.5 Å². The molecule has 0 aliphatic carbocycles. The third-order valence-corrected chi connectivity index (χ3v) is 4.06. The molecule has 4 rings (SSSR count). The fourth-order valence-electron chi connectivity index (χ4n) is 2.72. The van der Waals surface area contributed by atoms with Gasteiger partial charge >= 0.3 is 12.1 Å². The lowest BCUT2D eigenvalue weighted by molar-refractivity contribution is -0.274. The molecule has 0 saturated carbocycles. The number of nitrogens with one attached hydrogen (secondary N) is 2. The van der Waals surface area contributed by atoms with Crippen molar-refractivity contribution in [2.24, 2.45) is 0 Å². The molecule has 30 heavy (non-hydrogen) atoms. The summed E-state index contributed by atoms with van der Waals surface area (Å²) >= 11 is 0. The Kier molecular flexibility index (Phi) is 4.70. The van der Waals surface area contributed by atoms with E-state index in [-0.39, 0.29) is 17.5 Å². The number of H-pyrrole nitrogens is 1. The number of benzene rings is 1. The molecule has 3 aromatic rings. The van der Waals surface area contributed by atoms with Crippen molar-refractivity contribution in [1.82, 2.24) is 20.7 Å². The highest BCUT2D eigenvalue weighted by atomic mass is 19.4. The van der Waals surface area contributed by atoms with Crippen molar-refractivity contribution in [3.8, 4) is 23.0 Å². The summed E-state index contributed by atoms with van der Waals surface area (Å²) in [5.74, 6) is -0.454. The highest BCUT2D eigenvalue weighted by Gasteiger charge is 2.34. The molecule has 0 amide bonds. The van der Waals surface area contributed by atoms with E-state index >= 15 is 0 Å². The minimum Gasteiger partial charge on any atom is -0.438 e. The van der Waals surface area contributed by atoms with Crippen molar-refractivity contribution in [1.29, 1.82) is 0 Å². The van der Waals surface area contributed by atoms with Crippen LogP contribution in [-0.2, 0) is 10.4 Å². The maximum atomic E-state index is 12.3. The number of hydroxylamine groups is 1. The second-order valence-electron chi connectivity index (χ2n) is 6.32. The number of hydrogen-bond donors (Lipinski definition) is 2. The standard InChI is InChI=1S/C18H13F3N4O5/c1-17(11-2-4-12(5-3-11)29-18(19,20)21)7-14(25-30-17)27-13-6-10(8-22-9-13)15-23-24-16(26)28-15/h2-9,25H,1H3,(H,24,26)/t17-/m1/s1. The topological polar surface area (TPSA) is 112 Å². The van der Waals surface area contributed by atoms with Gasteiger partial charge in [0.05, 0.1) is 11.8 Å². The van der Waals surface area contributed by atoms with E-state index in [2.05, 4.69) is 25.4 Å². The molecule has 0 spiro atoms. The Morgan fingerprint density at radius 1 is 1.13 bits per heavy atom. The summed E-state index contributed by atoms with van der Waals surface area (Å²) in [6.45, 7) is 1.70. The molecule has 9 nitrogen and oxygen atoms in total. The summed E-state index contributed by atoms with van der Waals surface area (Å²) < 4.78 is 51.3. The fraction of sp³-hybridized carbons (Fsp3) is 0.167. The molecular formula is C18H13F3N4O5. The van der Waals surface area contributed by atoms with Gasteiger partial charge in [0.2, 0.25) is 5.88 Å². The molecule has 12 heteroatoms. The summed E-state index contributed by atoms with van der Waals surface area (Å²) in [7, 11) is 0. The van der Waals surface area contributed by atoms with Crippen molar-refractivity contribution < 1.29 is 31.9 Å². The molecule has 0 radical (unpaired) electrons. The van der Waals surface area contributed by atoms with Crippen molar-refractivity contribution >= 4 is 0 Å². The van der Waals surface area contributed by atoms with Crippen LogP contribution in [-0.4, -0.2) is 21.5 Å². The zero-order chi connectivity index (χ0) is 21.4. The number of aromatic amines is 1. The number of halogens is 3. The minimum absolute atomic E-state index is 0.0496. The molecule has 1 aliphatic heterocycles. The number of alkyl halides is 3. The second kappa shape index (κ2) is 7.22. The van der Waals surface area contributed by atoms with Crippen LogP contribution in [0.3, 0.4) is 0 Å². The van der Waals surface area contributed by atoms with Gasteiger partial charge in [-0.25, -0.2) is 15.4 Å². The highest BCUT2D eigenvalue weighted by Crippen LogP contribution is 2.34. The van der Waals surface area contributed by atoms with E-state index in [9.17, 15) is 18.0 Å². The van der Waals surface area contributed by atoms with Crippen LogP contribution < -0.4 is 20.7 Å². The van der Waals surface area contributed by atoms with Gasteiger partial charge in [-0.05, 0) is 30.7 Å². The molecule has 3 heterocycles. The number of rotatable bonds is 5. The lowest BCUT2D eigenvalue weighted by Gasteiger charge is -2.20. The predicted octanol–water partition coefficient (Wildman–Crippen LogP) is 2.99. The maximum Gasteiger partial charge on any atom is 0.573 e. The monoisotopic (exact) mass is 422 g/mol. The van der Waals surface area contributed by atoms with Gasteiger partial charge < -0.3 is 13.9 Å². The van der Waals surface area contributed by atoms with E-state index < -0.39 is 17.7 Å². The highest BCUT2D eigenvalue weighted by molar-refractivity contribution is 5.53. The molecular weight excluding hydrogens is 409 g/mol. The van der Waals surface area contributed by atoms with Gasteiger partial charge in [-0.3, -0.25) is 9.82 Å². The Labute approximate surface area is 166 Å². The van der Waals surface area contributed by atoms with Gasteiger partial charge in [0.1, 0.15) is 17.1 Å². The van der Waals surface area contributed by atoms with Gasteiger partial charge in [-0.2, -0.15) is 0 Å². The van der Waals surface area contributed by atoms with Gasteiger partial charge in [0, 0.05) is 12.3 Å². The van der Waals surface area contributed by atoms with Crippen LogP contribution >= 0.6 is 0 Å². The van der Waals surface area contributed by atoms with E-state index in [1.54, 1.807) is 19.1 Å². The van der Waals surface area contributed by atoms with Gasteiger partial charge in [0.15, 0.2) is 0 Å². The fourth-order valence-corrected chi connectivity index (χ4v) is 2.72. The first kappa shape index (κ1) is 19.5. The Morgan fingerprint density at radius 3 is 2.57 bits per heavy atom. The molecule has 156 valence electrons. The summed E-state index contributed by atoms with van der Waals surface area (Å²) in [6, 6.07) is 6.83. The molecule has 0 fully saturated rings. The van der Waals surface area contributed by atoms with Gasteiger partial charge in [-0.15, -0.1) is 18.3 Å². The number of aromatic nitrogens is 3. The van der Waals surface area contributed by atoms with E-state index in [0.717, 1.165) is 0 Å². The second-order valence-corrected chi connectivity index (χ2v) is 6.32. The predicted molar refractivity (Wildman–Crippen MR) is 93.8 cm³/mol. The van der Waals surface area contributed by atoms with Crippen LogP contribution in [0.2, 0.25) is 0 Å². The summed E-state index contributed by atoms with van der Waals surface area (Å²) in [4.78, 5) is 20.6. The Balaban J connectivity index is 1.50. The smallest absolute Gasteiger partial charge is 0.438 e. The van der Waals surface area contributed by atoms with Crippen molar-refractivity contribution in [2.75, 3.05) is 0 Å². The zero-order valence-electron chi connectivity index (χ0n) is 15.2. The normalized spacial score (nSPS) is 18.6. The van der Waals surface area contributed by atoms with Crippen LogP contribution in [0, 0.1) is 0 Å². The average molecular weight is 422 g/mol. The van der Waals surface area contributed by atoms with E-state index in [1.165, 1.54) is 36.7 Å². The van der Waals surface area contributed by atoms with E-state index in [1.807, 2.05) is 0 Å². The molecule has 2 aromatic heterocycles. The first-order chi connectivity index (χ1) is 14.2. The minimum atomic E-state index is -4.77. The lowest BCUT2D eigenvalue weighted by atomic mass is 9.96. The van der Waals surface area contributed by atoms with Crippen molar-refractivity contribution in [2.45, 2.75) is 18.9 Å². The largest absolute Gasteiger partial charge is 0.573 e. The van der Waals surface area contributed by atoms with Gasteiger partial charge in [0.25, 0.3) is 5.89 Å². The molecule has 1 aromatic carbocycles. The summed E-state index contributed by atoms with van der Waals surface area (Å²) in [6.07, 6.45) is -0.296. The maximum absolute atomic E-state index is 12.3. The Bertz CT molecular complexity index is 1140. The summed E-state index contributed by atoms with van der Waals surface area (Å²) in [5, 5.41) is 5.86.